The molecular weight excluding hydrogens is 480 g/mol. The first-order valence-corrected chi connectivity index (χ1v) is 9.12. The fraction of sp³-hybridized carbons (Fsp3) is 0.0625. The minimum atomic E-state index is -0.308. The first kappa shape index (κ1) is 17.5. The van der Waals surface area contributed by atoms with E-state index >= 15 is 0 Å². The zero-order chi connectivity index (χ0) is 17.4. The maximum atomic E-state index is 12.7. The molecule has 0 radical (unpaired) electrons. The average Bonchev–Trinajstić information content (AvgIpc) is 2.80. The second-order valence-corrected chi connectivity index (χ2v) is 7.60. The number of carbonyl (C=O) groups is 1. The van der Waals surface area contributed by atoms with E-state index < -0.39 is 0 Å². The van der Waals surface area contributed by atoms with E-state index in [9.17, 15) is 9.90 Å². The summed E-state index contributed by atoms with van der Waals surface area (Å²) in [5.74, 6) is -0.234. The van der Waals surface area contributed by atoms with Crippen molar-refractivity contribution in [2.75, 3.05) is 4.90 Å². The number of phenolic OH excluding ortho intramolecular Hbond substituents is 1. The summed E-state index contributed by atoms with van der Waals surface area (Å²) < 4.78 is 1.32. The molecule has 1 N–H and O–H groups in total. The Hall–Kier alpha value is -1.28. The van der Waals surface area contributed by atoms with Crippen molar-refractivity contribution in [3.8, 4) is 5.75 Å². The first-order chi connectivity index (χ1) is 11.4. The van der Waals surface area contributed by atoms with E-state index in [1.165, 1.54) is 4.90 Å². The van der Waals surface area contributed by atoms with Crippen molar-refractivity contribution in [2.45, 2.75) is 6.42 Å². The third-order valence-electron chi connectivity index (χ3n) is 3.42. The van der Waals surface area contributed by atoms with Crippen molar-refractivity contribution < 1.29 is 9.90 Å². The van der Waals surface area contributed by atoms with Crippen LogP contribution in [-0.4, -0.2) is 21.8 Å². The van der Waals surface area contributed by atoms with Crippen molar-refractivity contribution in [3.05, 3.63) is 55.9 Å². The molecule has 0 atom stereocenters. The highest BCUT2D eigenvalue weighted by molar-refractivity contribution is 9.11. The van der Waals surface area contributed by atoms with Gasteiger partial charge in [-0.2, -0.15) is 0 Å². The average molecular weight is 489 g/mol. The normalized spacial score (nSPS) is 14.3. The van der Waals surface area contributed by atoms with Gasteiger partial charge in [0.25, 0.3) is 5.91 Å². The van der Waals surface area contributed by atoms with Crippen LogP contribution in [0.2, 0.25) is 5.02 Å². The fourth-order valence-corrected chi connectivity index (χ4v) is 4.03. The predicted octanol–water partition coefficient (Wildman–Crippen LogP) is 4.89. The molecule has 0 aliphatic carbocycles. The van der Waals surface area contributed by atoms with Gasteiger partial charge >= 0.3 is 0 Å². The van der Waals surface area contributed by atoms with Crippen molar-refractivity contribution in [1.82, 2.24) is 0 Å². The van der Waals surface area contributed by atoms with Crippen molar-refractivity contribution >= 4 is 78.1 Å². The number of hydrogen-bond donors (Lipinski definition) is 1. The lowest BCUT2D eigenvalue weighted by Crippen LogP contribution is -2.33. The van der Waals surface area contributed by atoms with Crippen molar-refractivity contribution in [1.29, 1.82) is 0 Å². The molecule has 2 aromatic carbocycles. The topological polar surface area (TPSA) is 52.9 Å². The Bertz CT molecular complexity index is 884. The Kier molecular flexibility index (Phi) is 5.05. The number of anilines is 1. The van der Waals surface area contributed by atoms with E-state index in [4.69, 9.17) is 23.8 Å². The second kappa shape index (κ2) is 6.92. The number of thiocarbonyl (C=S) groups is 1. The Morgan fingerprint density at radius 1 is 1.21 bits per heavy atom. The molecule has 1 amide bonds. The third-order valence-corrected chi connectivity index (χ3v) is 5.01. The number of nitrogens with zero attached hydrogens (tertiary/aromatic N) is 2. The molecule has 122 valence electrons. The molecule has 4 nitrogen and oxygen atoms in total. The smallest absolute Gasteiger partial charge is 0.279 e. The standard InChI is InChI=1S/C16H9Br2ClN2O2S/c17-9-5-8(14(22)12(18)7-9)6-13-15(23)21(16(24)20-13)11-3-1-10(19)2-4-11/h1-5,7,22H,6H2. The van der Waals surface area contributed by atoms with Crippen LogP contribution in [-0.2, 0) is 11.2 Å². The van der Waals surface area contributed by atoms with E-state index in [1.807, 2.05) is 0 Å². The predicted molar refractivity (Wildman–Crippen MR) is 106 cm³/mol. The number of carbonyl (C=O) groups excluding carboxylic acids is 1. The summed E-state index contributed by atoms with van der Waals surface area (Å²) in [4.78, 5) is 18.2. The van der Waals surface area contributed by atoms with Crippen LogP contribution in [0.15, 0.2) is 50.3 Å². The minimum Gasteiger partial charge on any atom is -0.506 e. The summed E-state index contributed by atoms with van der Waals surface area (Å²) in [5, 5.41) is 10.9. The molecular formula is C16H9Br2ClN2O2S. The van der Waals surface area contributed by atoms with E-state index in [2.05, 4.69) is 36.9 Å². The fourth-order valence-electron chi connectivity index (χ4n) is 2.30. The summed E-state index contributed by atoms with van der Waals surface area (Å²) in [6.07, 6.45) is 0.174. The molecule has 0 aromatic heterocycles. The maximum absolute atomic E-state index is 12.7. The first-order valence-electron chi connectivity index (χ1n) is 6.75. The Morgan fingerprint density at radius 2 is 1.88 bits per heavy atom. The quantitative estimate of drug-likeness (QED) is 0.627. The van der Waals surface area contributed by atoms with Crippen LogP contribution >= 0.6 is 55.7 Å². The molecule has 1 aliphatic rings. The molecule has 8 heteroatoms. The van der Waals surface area contributed by atoms with Crippen molar-refractivity contribution in [2.24, 2.45) is 4.99 Å². The highest BCUT2D eigenvalue weighted by atomic mass is 79.9. The van der Waals surface area contributed by atoms with E-state index in [1.54, 1.807) is 36.4 Å². The number of benzene rings is 2. The second-order valence-electron chi connectivity index (χ2n) is 5.03. The number of hydrogen-bond acceptors (Lipinski definition) is 3. The third kappa shape index (κ3) is 3.39. The molecule has 0 saturated carbocycles. The van der Waals surface area contributed by atoms with E-state index in [0.29, 0.717) is 20.7 Å². The van der Waals surface area contributed by atoms with Gasteiger partial charge in [0.2, 0.25) is 5.11 Å². The van der Waals surface area contributed by atoms with Gasteiger partial charge in [0.05, 0.1) is 10.2 Å². The lowest BCUT2D eigenvalue weighted by molar-refractivity contribution is -0.111. The molecule has 0 spiro atoms. The molecule has 0 unspecified atom stereocenters. The van der Waals surface area contributed by atoms with Crippen molar-refractivity contribution in [3.63, 3.8) is 0 Å². The summed E-state index contributed by atoms with van der Waals surface area (Å²) in [6.45, 7) is 0. The van der Waals surface area contributed by atoms with Crippen LogP contribution in [0.5, 0.6) is 5.75 Å². The summed E-state index contributed by atoms with van der Waals surface area (Å²) in [7, 11) is 0. The lowest BCUT2D eigenvalue weighted by Gasteiger charge is -2.15. The van der Waals surface area contributed by atoms with Crippen LogP contribution < -0.4 is 4.90 Å². The SMILES string of the molecule is O=C1C(Cc2cc(Br)cc(Br)c2O)=NC(=S)N1c1ccc(Cl)cc1. The summed E-state index contributed by atoms with van der Waals surface area (Å²) in [5.41, 5.74) is 1.45. The highest BCUT2D eigenvalue weighted by Gasteiger charge is 2.32. The minimum absolute atomic E-state index is 0.0737. The van der Waals surface area contributed by atoms with Gasteiger partial charge in [0, 0.05) is 21.5 Å². The van der Waals surface area contributed by atoms with Gasteiger partial charge in [-0.05, 0) is 64.5 Å². The number of phenols is 1. The Labute approximate surface area is 165 Å². The molecule has 3 rings (SSSR count). The Morgan fingerprint density at radius 3 is 2.54 bits per heavy atom. The van der Waals surface area contributed by atoms with Gasteiger partial charge in [0.15, 0.2) is 0 Å². The molecule has 1 heterocycles. The summed E-state index contributed by atoms with van der Waals surface area (Å²) >= 11 is 17.7. The zero-order valence-electron chi connectivity index (χ0n) is 12.0. The van der Waals surface area contributed by atoms with Crippen LogP contribution in [0, 0.1) is 0 Å². The van der Waals surface area contributed by atoms with Crippen LogP contribution in [0.1, 0.15) is 5.56 Å². The molecule has 1 aliphatic heterocycles. The maximum Gasteiger partial charge on any atom is 0.279 e. The molecule has 0 bridgehead atoms. The number of halogens is 3. The van der Waals surface area contributed by atoms with E-state index in [0.717, 1.165) is 4.47 Å². The van der Waals surface area contributed by atoms with Gasteiger partial charge in [0.1, 0.15) is 11.5 Å². The number of aliphatic imine (C=N–C) groups is 1. The number of rotatable bonds is 3. The largest absolute Gasteiger partial charge is 0.506 e. The number of aromatic hydroxyl groups is 1. The highest BCUT2D eigenvalue weighted by Crippen LogP contribution is 2.33. The summed E-state index contributed by atoms with van der Waals surface area (Å²) in [6, 6.07) is 10.2. The molecule has 0 fully saturated rings. The lowest BCUT2D eigenvalue weighted by atomic mass is 10.1. The van der Waals surface area contributed by atoms with E-state index in [-0.39, 0.29) is 28.9 Å². The Balaban J connectivity index is 1.89. The molecule has 24 heavy (non-hydrogen) atoms. The van der Waals surface area contributed by atoms with Crippen LogP contribution in [0.25, 0.3) is 0 Å². The van der Waals surface area contributed by atoms with Gasteiger partial charge in [-0.3, -0.25) is 9.69 Å². The zero-order valence-corrected chi connectivity index (χ0v) is 16.7. The monoisotopic (exact) mass is 486 g/mol. The number of amides is 1. The van der Waals surface area contributed by atoms with Crippen LogP contribution in [0.4, 0.5) is 5.69 Å². The van der Waals surface area contributed by atoms with Gasteiger partial charge in [-0.1, -0.05) is 27.5 Å². The van der Waals surface area contributed by atoms with Gasteiger partial charge in [-0.15, -0.1) is 0 Å². The van der Waals surface area contributed by atoms with Gasteiger partial charge < -0.3 is 5.11 Å². The molecule has 2 aromatic rings. The van der Waals surface area contributed by atoms with Crippen LogP contribution in [0.3, 0.4) is 0 Å². The van der Waals surface area contributed by atoms with Gasteiger partial charge in [-0.25, -0.2) is 4.99 Å². The molecule has 0 saturated heterocycles.